The van der Waals surface area contributed by atoms with E-state index in [4.69, 9.17) is 34.7 Å². The van der Waals surface area contributed by atoms with E-state index in [1.165, 1.54) is 6.07 Å². The normalized spacial score (nSPS) is 10.3. The molecule has 0 aromatic heterocycles. The molecule has 0 saturated carbocycles. The van der Waals surface area contributed by atoms with E-state index in [9.17, 15) is 4.79 Å². The van der Waals surface area contributed by atoms with Crippen molar-refractivity contribution in [3.63, 3.8) is 0 Å². The lowest BCUT2D eigenvalue weighted by atomic mass is 10.1. The molecule has 0 aliphatic rings. The van der Waals surface area contributed by atoms with Crippen LogP contribution in [0.25, 0.3) is 0 Å². The van der Waals surface area contributed by atoms with E-state index in [1.807, 2.05) is 0 Å². The van der Waals surface area contributed by atoms with E-state index in [2.05, 4.69) is 27.9 Å². The van der Waals surface area contributed by atoms with Crippen molar-refractivity contribution in [1.82, 2.24) is 0 Å². The lowest BCUT2D eigenvalue weighted by Gasteiger charge is -2.14. The van der Waals surface area contributed by atoms with Gasteiger partial charge in [-0.05, 0) is 52.9 Å². The highest BCUT2D eigenvalue weighted by atomic mass is 127. The fraction of sp³-hybridized carbons (Fsp3) is 0. The molecule has 0 radical (unpaired) electrons. The van der Waals surface area contributed by atoms with Gasteiger partial charge in [-0.2, -0.15) is 0 Å². The van der Waals surface area contributed by atoms with Crippen LogP contribution in [0.2, 0.25) is 10.0 Å². The predicted octanol–water partition coefficient (Wildman–Crippen LogP) is 4.02. The van der Waals surface area contributed by atoms with Crippen LogP contribution in [0.5, 0.6) is 0 Å². The Morgan fingerprint density at radius 2 is 1.90 bits per heavy atom. The Labute approximate surface area is 139 Å². The third-order valence-corrected chi connectivity index (χ3v) is 3.99. The van der Waals surface area contributed by atoms with Gasteiger partial charge in [0.15, 0.2) is 0 Å². The van der Waals surface area contributed by atoms with Gasteiger partial charge in [-0.1, -0.05) is 23.2 Å². The standard InChI is InChI=1S/C13H10Cl2IN3O/c14-6-1-2-11(10(16)3-6)19-12-8(13(18)20)4-7(17)5-9(12)15/h1-5,19H,17H2,(H2,18,20). The van der Waals surface area contributed by atoms with Crippen LogP contribution in [0.3, 0.4) is 0 Å². The highest BCUT2D eigenvalue weighted by molar-refractivity contribution is 14.1. The van der Waals surface area contributed by atoms with Crippen molar-refractivity contribution in [1.29, 1.82) is 0 Å². The van der Waals surface area contributed by atoms with Gasteiger partial charge in [0.05, 0.1) is 22.0 Å². The molecule has 0 fully saturated rings. The number of carbonyl (C=O) groups excluding carboxylic acids is 1. The minimum atomic E-state index is -0.606. The molecule has 0 bridgehead atoms. The summed E-state index contributed by atoms with van der Waals surface area (Å²) in [5.74, 6) is -0.606. The molecule has 20 heavy (non-hydrogen) atoms. The molecular weight excluding hydrogens is 412 g/mol. The average Bonchev–Trinajstić information content (AvgIpc) is 2.34. The molecule has 0 saturated heterocycles. The number of amides is 1. The van der Waals surface area contributed by atoms with Gasteiger partial charge >= 0.3 is 0 Å². The number of carbonyl (C=O) groups is 1. The number of halogens is 3. The van der Waals surface area contributed by atoms with Crippen LogP contribution in [0, 0.1) is 3.57 Å². The van der Waals surface area contributed by atoms with Crippen LogP contribution in [0.1, 0.15) is 10.4 Å². The van der Waals surface area contributed by atoms with Crippen LogP contribution < -0.4 is 16.8 Å². The summed E-state index contributed by atoms with van der Waals surface area (Å²) < 4.78 is 0.887. The van der Waals surface area contributed by atoms with Crippen LogP contribution >= 0.6 is 45.8 Å². The van der Waals surface area contributed by atoms with E-state index in [0.29, 0.717) is 21.4 Å². The molecule has 1 amide bonds. The lowest BCUT2D eigenvalue weighted by molar-refractivity contribution is 0.100. The smallest absolute Gasteiger partial charge is 0.250 e. The first-order valence-corrected chi connectivity index (χ1v) is 7.33. The van der Waals surface area contributed by atoms with Crippen molar-refractivity contribution in [2.24, 2.45) is 5.73 Å². The van der Waals surface area contributed by atoms with Gasteiger partial charge in [-0.25, -0.2) is 0 Å². The highest BCUT2D eigenvalue weighted by Crippen LogP contribution is 2.33. The Bertz CT molecular complexity index is 692. The van der Waals surface area contributed by atoms with Crippen LogP contribution in [-0.4, -0.2) is 5.91 Å². The van der Waals surface area contributed by atoms with Gasteiger partial charge < -0.3 is 16.8 Å². The minimum Gasteiger partial charge on any atom is -0.399 e. The zero-order valence-electron chi connectivity index (χ0n) is 10.1. The maximum Gasteiger partial charge on any atom is 0.250 e. The number of hydrogen-bond donors (Lipinski definition) is 3. The average molecular weight is 422 g/mol. The molecule has 2 rings (SSSR count). The number of primary amides is 1. The fourth-order valence-electron chi connectivity index (χ4n) is 1.67. The third kappa shape index (κ3) is 3.28. The summed E-state index contributed by atoms with van der Waals surface area (Å²) in [6.07, 6.45) is 0. The van der Waals surface area contributed by atoms with Crippen molar-refractivity contribution in [2.75, 3.05) is 11.1 Å². The molecule has 7 heteroatoms. The monoisotopic (exact) mass is 421 g/mol. The number of anilines is 3. The minimum absolute atomic E-state index is 0.237. The van der Waals surface area contributed by atoms with Gasteiger partial charge in [0.2, 0.25) is 0 Å². The molecule has 0 heterocycles. The van der Waals surface area contributed by atoms with Gasteiger partial charge in [0, 0.05) is 14.3 Å². The van der Waals surface area contributed by atoms with E-state index in [0.717, 1.165) is 9.26 Å². The first kappa shape index (κ1) is 15.2. The number of nitrogens with two attached hydrogens (primary N) is 2. The van der Waals surface area contributed by atoms with Crippen LogP contribution in [-0.2, 0) is 0 Å². The number of rotatable bonds is 3. The zero-order chi connectivity index (χ0) is 14.9. The summed E-state index contributed by atoms with van der Waals surface area (Å²) in [5.41, 5.74) is 12.8. The van der Waals surface area contributed by atoms with Crippen LogP contribution in [0.15, 0.2) is 30.3 Å². The van der Waals surface area contributed by atoms with Crippen molar-refractivity contribution < 1.29 is 4.79 Å². The molecule has 4 nitrogen and oxygen atoms in total. The van der Waals surface area contributed by atoms with E-state index in [-0.39, 0.29) is 5.56 Å². The van der Waals surface area contributed by atoms with Crippen molar-refractivity contribution in [2.45, 2.75) is 0 Å². The van der Waals surface area contributed by atoms with Gasteiger partial charge in [0.25, 0.3) is 5.91 Å². The van der Waals surface area contributed by atoms with E-state index >= 15 is 0 Å². The number of nitrogens with one attached hydrogen (secondary N) is 1. The van der Waals surface area contributed by atoms with E-state index in [1.54, 1.807) is 24.3 Å². The molecular formula is C13H10Cl2IN3O. The second-order valence-corrected chi connectivity index (χ2v) is 6.04. The Balaban J connectivity index is 2.50. The molecule has 2 aromatic rings. The molecule has 0 aliphatic carbocycles. The summed E-state index contributed by atoms with van der Waals surface area (Å²) in [6.45, 7) is 0. The molecule has 104 valence electrons. The second kappa shape index (κ2) is 6.07. The summed E-state index contributed by atoms with van der Waals surface area (Å²) in [6, 6.07) is 8.36. The van der Waals surface area contributed by atoms with Crippen molar-refractivity contribution in [3.05, 3.63) is 49.5 Å². The fourth-order valence-corrected chi connectivity index (χ4v) is 2.96. The molecule has 0 aliphatic heterocycles. The zero-order valence-corrected chi connectivity index (χ0v) is 13.8. The number of hydrogen-bond acceptors (Lipinski definition) is 3. The first-order valence-electron chi connectivity index (χ1n) is 5.49. The lowest BCUT2D eigenvalue weighted by Crippen LogP contribution is -2.14. The Morgan fingerprint density at radius 3 is 2.50 bits per heavy atom. The van der Waals surface area contributed by atoms with Crippen molar-refractivity contribution in [3.8, 4) is 0 Å². The van der Waals surface area contributed by atoms with Gasteiger partial charge in [-0.15, -0.1) is 0 Å². The maximum atomic E-state index is 11.5. The quantitative estimate of drug-likeness (QED) is 0.517. The Hall–Kier alpha value is -1.18. The predicted molar refractivity (Wildman–Crippen MR) is 91.8 cm³/mol. The molecule has 5 N–H and O–H groups in total. The number of nitrogen functional groups attached to an aromatic ring is 1. The van der Waals surface area contributed by atoms with Gasteiger partial charge in [0.1, 0.15) is 0 Å². The van der Waals surface area contributed by atoms with E-state index < -0.39 is 5.91 Å². The molecule has 0 atom stereocenters. The third-order valence-electron chi connectivity index (χ3n) is 2.57. The maximum absolute atomic E-state index is 11.5. The summed E-state index contributed by atoms with van der Waals surface area (Å²) in [5, 5.41) is 4.04. The van der Waals surface area contributed by atoms with Gasteiger partial charge in [-0.3, -0.25) is 4.79 Å². The Morgan fingerprint density at radius 1 is 1.20 bits per heavy atom. The number of benzene rings is 2. The first-order chi connectivity index (χ1) is 9.38. The summed E-state index contributed by atoms with van der Waals surface area (Å²) >= 11 is 14.2. The molecule has 2 aromatic carbocycles. The SMILES string of the molecule is NC(=O)c1cc(N)cc(Cl)c1Nc1ccc(Cl)cc1I. The molecule has 0 spiro atoms. The molecule has 0 unspecified atom stereocenters. The summed E-state index contributed by atoms with van der Waals surface area (Å²) in [7, 11) is 0. The van der Waals surface area contributed by atoms with Crippen molar-refractivity contribution >= 4 is 68.8 Å². The second-order valence-electron chi connectivity index (χ2n) is 4.04. The Kier molecular flexibility index (Phi) is 4.62. The highest BCUT2D eigenvalue weighted by Gasteiger charge is 2.14. The topological polar surface area (TPSA) is 81.1 Å². The largest absolute Gasteiger partial charge is 0.399 e. The summed E-state index contributed by atoms with van der Waals surface area (Å²) in [4.78, 5) is 11.5. The van der Waals surface area contributed by atoms with Crippen LogP contribution in [0.4, 0.5) is 17.1 Å².